The van der Waals surface area contributed by atoms with Crippen molar-refractivity contribution in [1.29, 1.82) is 0 Å². The van der Waals surface area contributed by atoms with Gasteiger partial charge in [-0.15, -0.1) is 0 Å². The molecule has 4 heterocycles. The fourth-order valence-corrected chi connectivity index (χ4v) is 4.74. The third-order valence-corrected chi connectivity index (χ3v) is 6.40. The molecule has 1 aliphatic heterocycles. The Kier molecular flexibility index (Phi) is 6.66. The average Bonchev–Trinajstić information content (AvgIpc) is 3.54. The van der Waals surface area contributed by atoms with Crippen LogP contribution in [0.5, 0.6) is 0 Å². The molecule has 1 unspecified atom stereocenters. The summed E-state index contributed by atoms with van der Waals surface area (Å²) in [4.78, 5) is 34.3. The van der Waals surface area contributed by atoms with Crippen LogP contribution in [0.4, 0.5) is 0 Å². The number of aliphatic carboxylic acids is 1. The van der Waals surface area contributed by atoms with E-state index < -0.39 is 17.9 Å². The third kappa shape index (κ3) is 4.50. The number of allylic oxidation sites excluding steroid dienone is 2. The van der Waals surface area contributed by atoms with E-state index in [9.17, 15) is 14.7 Å². The van der Waals surface area contributed by atoms with Crippen LogP contribution in [0.25, 0.3) is 28.5 Å². The van der Waals surface area contributed by atoms with Crippen molar-refractivity contribution in [3.05, 3.63) is 101 Å². The number of benzene rings is 1. The maximum absolute atomic E-state index is 13.3. The number of aromatic nitrogens is 3. The van der Waals surface area contributed by atoms with Crippen molar-refractivity contribution in [2.24, 2.45) is 5.92 Å². The number of imidazole rings is 1. The lowest BCUT2D eigenvalue weighted by Gasteiger charge is -2.29. The molecule has 0 radical (unpaired) electrons. The molecule has 9 nitrogen and oxygen atoms in total. The highest BCUT2D eigenvalue weighted by Gasteiger charge is 2.36. The molecule has 0 bridgehead atoms. The molecule has 0 spiro atoms. The molecule has 2 N–H and O–H groups in total. The number of rotatable bonds is 7. The van der Waals surface area contributed by atoms with Crippen LogP contribution in [-0.2, 0) is 14.3 Å². The van der Waals surface area contributed by atoms with Gasteiger partial charge in [0.1, 0.15) is 11.3 Å². The molecule has 38 heavy (non-hydrogen) atoms. The van der Waals surface area contributed by atoms with Crippen LogP contribution in [0.2, 0.25) is 0 Å². The van der Waals surface area contributed by atoms with Gasteiger partial charge in [-0.05, 0) is 50.6 Å². The first-order chi connectivity index (χ1) is 18.4. The van der Waals surface area contributed by atoms with Crippen molar-refractivity contribution in [1.82, 2.24) is 19.9 Å². The first-order valence-corrected chi connectivity index (χ1v) is 12.1. The summed E-state index contributed by atoms with van der Waals surface area (Å²) < 4.78 is 12.5. The molecule has 0 aliphatic carbocycles. The number of carboxylic acids is 1. The lowest BCUT2D eigenvalue weighted by atomic mass is 9.83. The van der Waals surface area contributed by atoms with E-state index in [0.29, 0.717) is 17.0 Å². The highest BCUT2D eigenvalue weighted by molar-refractivity contribution is 6.04. The van der Waals surface area contributed by atoms with Crippen LogP contribution in [0.3, 0.4) is 0 Å². The molecule has 192 valence electrons. The van der Waals surface area contributed by atoms with Gasteiger partial charge in [0.2, 0.25) is 0 Å². The lowest BCUT2D eigenvalue weighted by Crippen LogP contribution is -2.32. The first-order valence-electron chi connectivity index (χ1n) is 12.1. The number of fused-ring (bicyclic) bond motifs is 1. The maximum Gasteiger partial charge on any atom is 0.337 e. The Morgan fingerprint density at radius 1 is 1.16 bits per heavy atom. The SMILES string of the molecule is CCOC(=O)C1=C(c2ccc(-n3c(C)nc4cnccc43)cc2)NC(C)=C(C(=O)O)C1C=Cc1ccoc1. The Labute approximate surface area is 218 Å². The molecule has 0 saturated heterocycles. The van der Waals surface area contributed by atoms with Crippen LogP contribution in [0.1, 0.15) is 30.8 Å². The number of carbonyl (C=O) groups excluding carboxylic acids is 1. The summed E-state index contributed by atoms with van der Waals surface area (Å²) >= 11 is 0. The van der Waals surface area contributed by atoms with Crippen molar-refractivity contribution in [3.8, 4) is 5.69 Å². The molecule has 4 aromatic rings. The summed E-state index contributed by atoms with van der Waals surface area (Å²) in [5, 5.41) is 13.2. The summed E-state index contributed by atoms with van der Waals surface area (Å²) in [7, 11) is 0. The highest BCUT2D eigenvalue weighted by atomic mass is 16.5. The molecular formula is C29H26N4O5. The Hall–Kier alpha value is -4.92. The molecule has 0 fully saturated rings. The number of nitrogens with zero attached hydrogens (tertiary/aromatic N) is 3. The van der Waals surface area contributed by atoms with Gasteiger partial charge in [-0.1, -0.05) is 24.3 Å². The second-order valence-electron chi connectivity index (χ2n) is 8.78. The van der Waals surface area contributed by atoms with Gasteiger partial charge < -0.3 is 19.6 Å². The number of esters is 1. The third-order valence-electron chi connectivity index (χ3n) is 6.40. The van der Waals surface area contributed by atoms with Crippen molar-refractivity contribution >= 4 is 34.7 Å². The van der Waals surface area contributed by atoms with Crippen LogP contribution < -0.4 is 5.32 Å². The van der Waals surface area contributed by atoms with Gasteiger partial charge in [-0.2, -0.15) is 0 Å². The highest BCUT2D eigenvalue weighted by Crippen LogP contribution is 2.36. The van der Waals surface area contributed by atoms with Crippen molar-refractivity contribution in [2.45, 2.75) is 20.8 Å². The van der Waals surface area contributed by atoms with Crippen molar-refractivity contribution in [3.63, 3.8) is 0 Å². The fourth-order valence-electron chi connectivity index (χ4n) is 4.74. The van der Waals surface area contributed by atoms with E-state index in [0.717, 1.165) is 28.1 Å². The van der Waals surface area contributed by atoms with Crippen LogP contribution in [-0.4, -0.2) is 38.2 Å². The van der Waals surface area contributed by atoms with Crippen molar-refractivity contribution < 1.29 is 23.8 Å². The lowest BCUT2D eigenvalue weighted by molar-refractivity contribution is -0.138. The van der Waals surface area contributed by atoms with Gasteiger partial charge in [0.25, 0.3) is 0 Å². The molecule has 0 saturated carbocycles. The van der Waals surface area contributed by atoms with Gasteiger partial charge in [0.15, 0.2) is 0 Å². The minimum atomic E-state index is -1.12. The van der Waals surface area contributed by atoms with Gasteiger partial charge in [0.05, 0.1) is 47.7 Å². The topological polar surface area (TPSA) is 119 Å². The predicted molar refractivity (Wildman–Crippen MR) is 142 cm³/mol. The Balaban J connectivity index is 1.62. The minimum Gasteiger partial charge on any atom is -0.478 e. The quantitative estimate of drug-likeness (QED) is 0.338. The van der Waals surface area contributed by atoms with Gasteiger partial charge in [-0.3, -0.25) is 9.55 Å². The molecule has 3 aromatic heterocycles. The Morgan fingerprint density at radius 3 is 2.63 bits per heavy atom. The smallest absolute Gasteiger partial charge is 0.337 e. The second kappa shape index (κ2) is 10.2. The largest absolute Gasteiger partial charge is 0.478 e. The first kappa shape index (κ1) is 24.8. The fraction of sp³-hybridized carbons (Fsp3) is 0.172. The summed E-state index contributed by atoms with van der Waals surface area (Å²) in [5.74, 6) is -1.73. The molecule has 1 aromatic carbocycles. The second-order valence-corrected chi connectivity index (χ2v) is 8.78. The number of carboxylic acid groups (broad SMARTS) is 1. The van der Waals surface area contributed by atoms with Gasteiger partial charge in [-0.25, -0.2) is 14.6 Å². The molecule has 5 rings (SSSR count). The van der Waals surface area contributed by atoms with Crippen LogP contribution >= 0.6 is 0 Å². The molecule has 1 aliphatic rings. The van der Waals surface area contributed by atoms with Crippen LogP contribution in [0.15, 0.2) is 88.7 Å². The normalized spacial score (nSPS) is 15.8. The Morgan fingerprint density at radius 2 is 1.95 bits per heavy atom. The van der Waals surface area contributed by atoms with Crippen molar-refractivity contribution in [2.75, 3.05) is 6.61 Å². The number of hydrogen-bond acceptors (Lipinski definition) is 7. The number of nitrogens with one attached hydrogen (secondary N) is 1. The molecular weight excluding hydrogens is 484 g/mol. The van der Waals surface area contributed by atoms with E-state index >= 15 is 0 Å². The van der Waals surface area contributed by atoms with E-state index in [1.54, 1.807) is 50.7 Å². The van der Waals surface area contributed by atoms with E-state index in [4.69, 9.17) is 9.15 Å². The molecule has 9 heteroatoms. The number of hydrogen-bond donors (Lipinski definition) is 2. The summed E-state index contributed by atoms with van der Waals surface area (Å²) in [6.45, 7) is 5.48. The average molecular weight is 511 g/mol. The summed E-state index contributed by atoms with van der Waals surface area (Å²) in [6, 6.07) is 11.3. The zero-order valence-corrected chi connectivity index (χ0v) is 21.1. The number of furan rings is 1. The monoisotopic (exact) mass is 510 g/mol. The predicted octanol–water partition coefficient (Wildman–Crippen LogP) is 4.89. The van der Waals surface area contributed by atoms with Crippen LogP contribution in [0, 0.1) is 12.8 Å². The minimum absolute atomic E-state index is 0.0716. The number of aryl methyl sites for hydroxylation is 1. The standard InChI is InChI=1S/C29H26N4O5/c1-4-38-29(36)26-22(10-5-19-12-14-37-16-19)25(28(34)35)17(2)31-27(26)20-6-8-21(9-7-20)33-18(3)32-23-15-30-13-11-24(23)33/h5-16,22,31H,4H2,1-3H3,(H,34,35). The Bertz CT molecular complexity index is 1610. The van der Waals surface area contributed by atoms with E-state index in [1.165, 1.54) is 6.26 Å². The molecule has 0 amide bonds. The van der Waals surface area contributed by atoms with E-state index in [1.807, 2.05) is 41.8 Å². The maximum atomic E-state index is 13.3. The van der Waals surface area contributed by atoms with Gasteiger partial charge in [0, 0.05) is 29.1 Å². The number of dihydropyridines is 1. The number of pyridine rings is 1. The summed E-state index contributed by atoms with van der Waals surface area (Å²) in [5.41, 5.74) is 5.31. The number of ether oxygens (including phenoxy) is 1. The molecule has 1 atom stereocenters. The number of carbonyl (C=O) groups is 2. The zero-order chi connectivity index (χ0) is 26.8. The van der Waals surface area contributed by atoms with E-state index in [2.05, 4.69) is 15.3 Å². The van der Waals surface area contributed by atoms with E-state index in [-0.39, 0.29) is 17.8 Å². The summed E-state index contributed by atoms with van der Waals surface area (Å²) in [6.07, 6.45) is 9.94. The van der Waals surface area contributed by atoms with Gasteiger partial charge >= 0.3 is 11.9 Å². The zero-order valence-electron chi connectivity index (χ0n) is 21.1.